The third-order valence-electron chi connectivity index (χ3n) is 21.8. The van der Waals surface area contributed by atoms with Crippen molar-refractivity contribution < 1.29 is 106 Å². The third-order valence-corrected chi connectivity index (χ3v) is 21.8. The lowest BCUT2D eigenvalue weighted by molar-refractivity contribution is -0.385. The van der Waals surface area contributed by atoms with Crippen molar-refractivity contribution in [3.63, 3.8) is 0 Å². The first-order valence-corrected chi connectivity index (χ1v) is 42.4. The van der Waals surface area contributed by atoms with Crippen molar-refractivity contribution >= 4 is 116 Å². The maximum absolute atomic E-state index is 13.1. The lowest BCUT2D eigenvalue weighted by Crippen LogP contribution is -2.35. The minimum atomic E-state index is -1.14. The molecule has 0 radical (unpaired) electrons. The number of aryl methyl sites for hydroxylation is 4. The Balaban J connectivity index is 0.000000307. The van der Waals surface area contributed by atoms with E-state index >= 15 is 0 Å². The zero-order valence-electron chi connectivity index (χ0n) is 81.2. The summed E-state index contributed by atoms with van der Waals surface area (Å²) in [6.07, 6.45) is -0.0107. The van der Waals surface area contributed by atoms with Crippen LogP contribution in [0, 0.1) is 132 Å². The zero-order valence-corrected chi connectivity index (χ0v) is 81.2. The number of hydrogen-bond acceptors (Lipinski definition) is 27. The Morgan fingerprint density at radius 3 is 0.957 bits per heavy atom. The zero-order chi connectivity index (χ0) is 105. The number of amides is 6. The average molecular weight is 1920 g/mol. The van der Waals surface area contributed by atoms with Gasteiger partial charge in [-0.25, -0.2) is 9.59 Å². The molecule has 38 nitrogen and oxygen atoms in total. The fourth-order valence-electron chi connectivity index (χ4n) is 13.3. The number of nitriles is 2. The number of carbonyl (C=O) groups is 9. The summed E-state index contributed by atoms with van der Waals surface area (Å²) in [6.45, 7) is 24.1. The molecule has 17 N–H and O–H groups in total. The predicted molar refractivity (Wildman–Crippen MR) is 534 cm³/mol. The van der Waals surface area contributed by atoms with Crippen LogP contribution in [0.25, 0.3) is 0 Å². The van der Waals surface area contributed by atoms with E-state index in [1.165, 1.54) is 66.0 Å². The average Bonchev–Trinajstić information content (AvgIpc) is 0.802. The first-order chi connectivity index (χ1) is 66.2. The van der Waals surface area contributed by atoms with Crippen LogP contribution in [0.1, 0.15) is 159 Å². The molecular formula is C102H114N14O24. The van der Waals surface area contributed by atoms with Crippen molar-refractivity contribution in [2.75, 3.05) is 106 Å². The third kappa shape index (κ3) is 30.1. The summed E-state index contributed by atoms with van der Waals surface area (Å²) in [6, 6.07) is 47.4. The van der Waals surface area contributed by atoms with E-state index in [0.29, 0.717) is 130 Å². The number of ether oxygens (including phenoxy) is 8. The number of benzene rings is 11. The number of non-ortho nitro benzene ring substituents is 1. The number of nitrogens with zero attached hydrogens (tertiary/aromatic N) is 4. The SMILES string of the molecule is COc1c(N)ccc(C(=O)Nc2ccc(C)c(C)c2OC)c1C.COc1c(N)ccc(C)c1C.COc1c(NC(=O)c2ccc(NC(=O)c3ccc(N)cc3)c(OC)c2C)ccc(C)c1C.COc1c(NC(=O)c2ccc(NC(=O)c3ccc(NC(=O)[C@@H](N)CC#N)cc3)c(OC)c2C)ccc(C)c1C.COc1c([N+](=O)[O-])ccc(C(=O)O)c1C.C[C@@H](CC#N)C(=O)O.O=C(O)c1ccc([N+](=O)[O-])cc1. The van der Waals surface area contributed by atoms with E-state index in [0.717, 1.165) is 62.9 Å². The van der Waals surface area contributed by atoms with Crippen molar-refractivity contribution in [3.8, 4) is 58.1 Å². The van der Waals surface area contributed by atoms with Gasteiger partial charge in [0.25, 0.3) is 35.2 Å². The summed E-state index contributed by atoms with van der Waals surface area (Å²) < 4.78 is 42.7. The van der Waals surface area contributed by atoms with Gasteiger partial charge in [-0.15, -0.1) is 0 Å². The smallest absolute Gasteiger partial charge is 0.336 e. The first kappa shape index (κ1) is 113. The Morgan fingerprint density at radius 1 is 0.343 bits per heavy atom. The summed E-state index contributed by atoms with van der Waals surface area (Å²) in [5.41, 5.74) is 40.0. The first-order valence-electron chi connectivity index (χ1n) is 42.4. The van der Waals surface area contributed by atoms with Gasteiger partial charge in [-0.1, -0.05) is 31.2 Å². The molecule has 0 saturated heterocycles. The van der Waals surface area contributed by atoms with Crippen LogP contribution in [0.3, 0.4) is 0 Å². The van der Waals surface area contributed by atoms with Crippen molar-refractivity contribution in [1.82, 2.24) is 0 Å². The minimum absolute atomic E-state index is 0.00236. The van der Waals surface area contributed by atoms with Crippen LogP contribution in [-0.4, -0.2) is 141 Å². The van der Waals surface area contributed by atoms with Gasteiger partial charge in [0.15, 0.2) is 0 Å². The summed E-state index contributed by atoms with van der Waals surface area (Å²) >= 11 is 0. The molecule has 0 aliphatic rings. The van der Waals surface area contributed by atoms with Crippen LogP contribution in [0.15, 0.2) is 170 Å². The molecule has 0 fully saturated rings. The van der Waals surface area contributed by atoms with Crippen LogP contribution in [0.2, 0.25) is 0 Å². The Kier molecular flexibility index (Phi) is 42.9. The highest BCUT2D eigenvalue weighted by molar-refractivity contribution is 6.11. The molecule has 38 heteroatoms. The number of nitrogen functional groups attached to an aromatic ring is 3. The fourth-order valence-corrected chi connectivity index (χ4v) is 13.3. The Morgan fingerprint density at radius 2 is 0.636 bits per heavy atom. The van der Waals surface area contributed by atoms with Gasteiger partial charge in [0.2, 0.25) is 11.7 Å². The molecule has 0 saturated carbocycles. The lowest BCUT2D eigenvalue weighted by Gasteiger charge is -2.17. The lowest BCUT2D eigenvalue weighted by atomic mass is 10.0. The second kappa shape index (κ2) is 53.3. The number of anilines is 9. The topological polar surface area (TPSA) is 598 Å². The Hall–Kier alpha value is -17.8. The van der Waals surface area contributed by atoms with Gasteiger partial charge in [0.05, 0.1) is 148 Å². The number of methoxy groups -OCH3 is 8. The number of nitrogens with two attached hydrogens (primary N) is 4. The molecule has 0 aromatic heterocycles. The molecular weight excluding hydrogens is 1810 g/mol. The van der Waals surface area contributed by atoms with Crippen molar-refractivity contribution in [2.45, 2.75) is 109 Å². The van der Waals surface area contributed by atoms with Gasteiger partial charge in [-0.3, -0.25) is 53.8 Å². The van der Waals surface area contributed by atoms with Crippen LogP contribution in [-0.2, 0) is 9.59 Å². The van der Waals surface area contributed by atoms with Crippen molar-refractivity contribution in [2.24, 2.45) is 11.7 Å². The molecule has 0 bridgehead atoms. The maximum atomic E-state index is 13.1. The monoisotopic (exact) mass is 1920 g/mol. The summed E-state index contributed by atoms with van der Waals surface area (Å²) in [5.74, 6) is -1.84. The molecule has 0 spiro atoms. The van der Waals surface area contributed by atoms with E-state index in [4.69, 9.17) is 86.7 Å². The predicted octanol–water partition coefficient (Wildman–Crippen LogP) is 17.9. The molecule has 11 rings (SSSR count). The van der Waals surface area contributed by atoms with Crippen molar-refractivity contribution in [3.05, 3.63) is 296 Å². The number of nitro benzene ring substituents is 2. The molecule has 2 atom stereocenters. The van der Waals surface area contributed by atoms with Crippen LogP contribution in [0.5, 0.6) is 46.0 Å². The van der Waals surface area contributed by atoms with E-state index in [1.807, 2.05) is 111 Å². The molecule has 0 unspecified atom stereocenters. The van der Waals surface area contributed by atoms with Gasteiger partial charge in [-0.2, -0.15) is 10.5 Å². The van der Waals surface area contributed by atoms with E-state index < -0.39 is 51.5 Å². The standard InChI is InChI=1S/C29H31N5O5.C25H27N3O4.C18H22N2O3.C9H9NO5.C9H13NO.C7H5NO4.C5H7NO2/c1-16-6-12-23(25(38-4)17(16)2)34-28(36)21-11-13-24(26(39-5)18(21)3)33-27(35)19-7-9-20(10-8-19)32-29(37)22(31)14-15-30;1-14-6-12-20(22(31-4)15(14)2)28-25(30)19-11-13-21(23(32-5)16(19)3)27-24(29)17-7-9-18(26)10-8-17;1-10-6-9-15(17(23-5)11(10)2)20-18(21)13-7-8-14(19)16(22-4)12(13)3;1-5-6(9(11)12)3-4-7(10(13)14)8(5)15-2;1-6-4-5-8(10)9(11-3)7(6)2;9-7(10)5-1-3-6(4-2-5)8(11)12;1-4(2-3-6)5(7)8/h6-13,22H,14,31H2,1-5H3,(H,32,37)(H,33,35)(H,34,36);6-13H,26H2,1-5H3,(H,27,29)(H,28,30);6-9H,19H2,1-5H3,(H,20,21);3-4H,1-2H3,(H,11,12);4-5H,10H2,1-3H3;1-4H,(H,9,10);4H,2H2,1H3,(H,7,8)/t22-;;;;;;4-/m0.....0/s1. The highest BCUT2D eigenvalue weighted by Crippen LogP contribution is 2.40. The summed E-state index contributed by atoms with van der Waals surface area (Å²) in [4.78, 5) is 127. The number of rotatable bonds is 27. The molecule has 6 amide bonds. The second-order valence-corrected chi connectivity index (χ2v) is 30.9. The number of nitrogens with one attached hydrogen (secondary N) is 6. The number of carboxylic acid groups (broad SMARTS) is 3. The van der Waals surface area contributed by atoms with Gasteiger partial charge in [-0.05, 0) is 255 Å². The van der Waals surface area contributed by atoms with Crippen LogP contribution < -0.4 is 92.7 Å². The fraction of sp³-hybridized carbons (Fsp3) is 0.245. The quantitative estimate of drug-likeness (QED) is 0.0129. The number of nitro groups is 2. The summed E-state index contributed by atoms with van der Waals surface area (Å²) in [5, 5.41) is 79.7. The number of aromatic carboxylic acids is 2. The molecule has 736 valence electrons. The van der Waals surface area contributed by atoms with Crippen molar-refractivity contribution in [1.29, 1.82) is 10.5 Å². The normalized spacial score (nSPS) is 10.5. The Labute approximate surface area is 809 Å². The van der Waals surface area contributed by atoms with Gasteiger partial charge in [0.1, 0.15) is 40.2 Å². The van der Waals surface area contributed by atoms with E-state index in [1.54, 1.807) is 139 Å². The van der Waals surface area contributed by atoms with Gasteiger partial charge >= 0.3 is 23.6 Å². The highest BCUT2D eigenvalue weighted by Gasteiger charge is 2.27. The molecule has 11 aromatic rings. The van der Waals surface area contributed by atoms with E-state index in [2.05, 4.69) is 31.9 Å². The Bertz CT molecular complexity index is 6460. The van der Waals surface area contributed by atoms with Crippen LogP contribution >= 0.6 is 0 Å². The largest absolute Gasteiger partial charge is 0.494 e. The molecule has 11 aromatic carbocycles. The van der Waals surface area contributed by atoms with Crippen LogP contribution in [0.4, 0.5) is 62.6 Å². The highest BCUT2D eigenvalue weighted by atomic mass is 16.6. The van der Waals surface area contributed by atoms with E-state index in [-0.39, 0.29) is 70.3 Å². The molecule has 0 heterocycles. The van der Waals surface area contributed by atoms with E-state index in [9.17, 15) is 63.4 Å². The summed E-state index contributed by atoms with van der Waals surface area (Å²) in [7, 11) is 12.1. The number of carbonyl (C=O) groups excluding carboxylic acids is 6. The molecule has 0 aliphatic carbocycles. The maximum Gasteiger partial charge on any atom is 0.336 e. The molecule has 0 aliphatic heterocycles. The number of aliphatic carboxylic acids is 1. The number of carboxylic acids is 3. The van der Waals surface area contributed by atoms with Gasteiger partial charge in [0, 0.05) is 86.1 Å². The number of hydrogen-bond donors (Lipinski definition) is 13. The minimum Gasteiger partial charge on any atom is -0.494 e. The van der Waals surface area contributed by atoms with Gasteiger partial charge < -0.3 is 108 Å². The molecule has 140 heavy (non-hydrogen) atoms. The second-order valence-electron chi connectivity index (χ2n) is 30.9.